The number of likely N-dealkylation sites (N-methyl/N-ethyl adjacent to an activating group) is 1. The first-order valence-corrected chi connectivity index (χ1v) is 7.18. The molecule has 3 nitrogen and oxygen atoms in total. The summed E-state index contributed by atoms with van der Waals surface area (Å²) >= 11 is 3.50. The van der Waals surface area contributed by atoms with E-state index in [0.29, 0.717) is 0 Å². The summed E-state index contributed by atoms with van der Waals surface area (Å²) in [6.45, 7) is 3.81. The third-order valence-electron chi connectivity index (χ3n) is 2.92. The van der Waals surface area contributed by atoms with Gasteiger partial charge in [-0.2, -0.15) is 0 Å². The van der Waals surface area contributed by atoms with Crippen LogP contribution >= 0.6 is 15.9 Å². The second-order valence-corrected chi connectivity index (χ2v) is 5.59. The zero-order valence-electron chi connectivity index (χ0n) is 11.1. The molecule has 0 amide bonds. The molecule has 4 heteroatoms. The fraction of sp³-hybridized carbons (Fsp3) is 0.333. The Balaban J connectivity index is 1.65. The molecule has 0 spiro atoms. The van der Waals surface area contributed by atoms with Crippen molar-refractivity contribution in [3.05, 3.63) is 58.5 Å². The van der Waals surface area contributed by atoms with Crippen LogP contribution in [0.15, 0.2) is 51.7 Å². The van der Waals surface area contributed by atoms with Crippen LogP contribution in [0.1, 0.15) is 11.1 Å². The summed E-state index contributed by atoms with van der Waals surface area (Å²) in [5.74, 6) is 0. The quantitative estimate of drug-likeness (QED) is 0.793. The molecule has 19 heavy (non-hydrogen) atoms. The average Bonchev–Trinajstić information content (AvgIpc) is 2.88. The van der Waals surface area contributed by atoms with Gasteiger partial charge in [0.2, 0.25) is 0 Å². The Kier molecular flexibility index (Phi) is 5.63. The molecule has 2 aromatic rings. The van der Waals surface area contributed by atoms with E-state index in [1.54, 1.807) is 12.5 Å². The summed E-state index contributed by atoms with van der Waals surface area (Å²) in [6, 6.07) is 10.4. The molecule has 1 aromatic heterocycles. The summed E-state index contributed by atoms with van der Waals surface area (Å²) in [7, 11) is 2.14. The van der Waals surface area contributed by atoms with Gasteiger partial charge in [0.05, 0.1) is 12.5 Å². The van der Waals surface area contributed by atoms with Gasteiger partial charge >= 0.3 is 0 Å². The van der Waals surface area contributed by atoms with Gasteiger partial charge in [-0.1, -0.05) is 28.1 Å². The summed E-state index contributed by atoms with van der Waals surface area (Å²) in [5, 5.41) is 3.40. The predicted octanol–water partition coefficient (Wildman–Crippen LogP) is 3.26. The zero-order valence-corrected chi connectivity index (χ0v) is 12.7. The Morgan fingerprint density at radius 3 is 2.89 bits per heavy atom. The van der Waals surface area contributed by atoms with Crippen LogP contribution in [0.3, 0.4) is 0 Å². The molecule has 2 rings (SSSR count). The van der Waals surface area contributed by atoms with E-state index in [0.717, 1.165) is 30.7 Å². The second kappa shape index (κ2) is 7.48. The molecular formula is C15H19BrN2O. The van der Waals surface area contributed by atoms with E-state index >= 15 is 0 Å². The van der Waals surface area contributed by atoms with Gasteiger partial charge in [0.15, 0.2) is 0 Å². The monoisotopic (exact) mass is 322 g/mol. The molecule has 0 bridgehead atoms. The Labute approximate surface area is 122 Å². The summed E-state index contributed by atoms with van der Waals surface area (Å²) < 4.78 is 6.16. The first kappa shape index (κ1) is 14.3. The first-order chi connectivity index (χ1) is 9.24. The third kappa shape index (κ3) is 5.19. The van der Waals surface area contributed by atoms with Crippen molar-refractivity contribution in [2.45, 2.75) is 13.1 Å². The Bertz CT molecular complexity index is 485. The van der Waals surface area contributed by atoms with Crippen molar-refractivity contribution < 1.29 is 4.42 Å². The lowest BCUT2D eigenvalue weighted by atomic mass is 10.2. The molecule has 0 saturated heterocycles. The number of rotatable bonds is 7. The largest absolute Gasteiger partial charge is 0.472 e. The topological polar surface area (TPSA) is 28.4 Å². The highest BCUT2D eigenvalue weighted by molar-refractivity contribution is 9.10. The average molecular weight is 323 g/mol. The van der Waals surface area contributed by atoms with Crippen molar-refractivity contribution in [1.29, 1.82) is 0 Å². The summed E-state index contributed by atoms with van der Waals surface area (Å²) in [5.41, 5.74) is 2.52. The number of halogens is 1. The van der Waals surface area contributed by atoms with Crippen molar-refractivity contribution in [1.82, 2.24) is 10.2 Å². The maximum atomic E-state index is 5.03. The van der Waals surface area contributed by atoms with Crippen molar-refractivity contribution >= 4 is 15.9 Å². The molecule has 1 N–H and O–H groups in total. The van der Waals surface area contributed by atoms with Crippen LogP contribution in [-0.4, -0.2) is 25.0 Å². The minimum Gasteiger partial charge on any atom is -0.472 e. The molecule has 0 aliphatic heterocycles. The second-order valence-electron chi connectivity index (χ2n) is 4.68. The maximum absolute atomic E-state index is 5.03. The van der Waals surface area contributed by atoms with E-state index in [9.17, 15) is 0 Å². The number of nitrogens with one attached hydrogen (secondary N) is 1. The number of nitrogens with zero attached hydrogens (tertiary/aromatic N) is 1. The summed E-state index contributed by atoms with van der Waals surface area (Å²) in [4.78, 5) is 2.31. The highest BCUT2D eigenvalue weighted by Gasteiger charge is 2.01. The lowest BCUT2D eigenvalue weighted by Crippen LogP contribution is -2.28. The van der Waals surface area contributed by atoms with Crippen LogP contribution in [0.5, 0.6) is 0 Å². The molecule has 0 fully saturated rings. The number of benzene rings is 1. The van der Waals surface area contributed by atoms with E-state index in [1.807, 2.05) is 6.07 Å². The molecule has 0 atom stereocenters. The Morgan fingerprint density at radius 2 is 2.16 bits per heavy atom. The highest BCUT2D eigenvalue weighted by Crippen LogP contribution is 2.12. The van der Waals surface area contributed by atoms with Gasteiger partial charge in [-0.05, 0) is 30.8 Å². The first-order valence-electron chi connectivity index (χ1n) is 6.39. The van der Waals surface area contributed by atoms with Crippen LogP contribution in [0.25, 0.3) is 0 Å². The van der Waals surface area contributed by atoms with Crippen LogP contribution in [-0.2, 0) is 13.1 Å². The van der Waals surface area contributed by atoms with Crippen LogP contribution in [0.4, 0.5) is 0 Å². The van der Waals surface area contributed by atoms with E-state index in [2.05, 4.69) is 57.5 Å². The molecule has 0 aliphatic carbocycles. The number of hydrogen-bond donors (Lipinski definition) is 1. The minimum absolute atomic E-state index is 0.862. The normalized spacial score (nSPS) is 11.1. The van der Waals surface area contributed by atoms with E-state index < -0.39 is 0 Å². The molecule has 0 radical (unpaired) electrons. The third-order valence-corrected chi connectivity index (χ3v) is 3.41. The van der Waals surface area contributed by atoms with Crippen LogP contribution in [0.2, 0.25) is 0 Å². The zero-order chi connectivity index (χ0) is 13.5. The van der Waals surface area contributed by atoms with Gasteiger partial charge in [-0.15, -0.1) is 0 Å². The molecule has 0 aliphatic rings. The molecule has 0 saturated carbocycles. The van der Waals surface area contributed by atoms with Crippen LogP contribution < -0.4 is 5.32 Å². The lowest BCUT2D eigenvalue weighted by Gasteiger charge is -2.17. The fourth-order valence-corrected chi connectivity index (χ4v) is 2.37. The maximum Gasteiger partial charge on any atom is 0.0947 e. The predicted molar refractivity (Wildman–Crippen MR) is 80.9 cm³/mol. The van der Waals surface area contributed by atoms with Gasteiger partial charge in [-0.3, -0.25) is 0 Å². The number of hydrogen-bond acceptors (Lipinski definition) is 3. The standard InChI is InChI=1S/C15H19BrN2O/c1-18(11-13-3-2-4-15(16)9-13)7-6-17-10-14-5-8-19-12-14/h2-5,8-9,12,17H,6-7,10-11H2,1H3. The van der Waals surface area contributed by atoms with Gasteiger partial charge in [0.25, 0.3) is 0 Å². The lowest BCUT2D eigenvalue weighted by molar-refractivity contribution is 0.324. The minimum atomic E-state index is 0.862. The Morgan fingerprint density at radius 1 is 1.26 bits per heavy atom. The number of furan rings is 1. The van der Waals surface area contributed by atoms with Crippen molar-refractivity contribution in [2.24, 2.45) is 0 Å². The van der Waals surface area contributed by atoms with E-state index in [4.69, 9.17) is 4.42 Å². The molecule has 102 valence electrons. The molecule has 1 heterocycles. The highest BCUT2D eigenvalue weighted by atomic mass is 79.9. The molecule has 0 unspecified atom stereocenters. The fourth-order valence-electron chi connectivity index (χ4n) is 1.92. The van der Waals surface area contributed by atoms with Crippen LogP contribution in [0, 0.1) is 0 Å². The van der Waals surface area contributed by atoms with Crippen molar-refractivity contribution in [2.75, 3.05) is 20.1 Å². The van der Waals surface area contributed by atoms with E-state index in [-0.39, 0.29) is 0 Å². The SMILES string of the molecule is CN(CCNCc1ccoc1)Cc1cccc(Br)c1. The summed E-state index contributed by atoms with van der Waals surface area (Å²) in [6.07, 6.45) is 3.48. The smallest absolute Gasteiger partial charge is 0.0947 e. The van der Waals surface area contributed by atoms with Gasteiger partial charge < -0.3 is 14.6 Å². The van der Waals surface area contributed by atoms with Gasteiger partial charge in [-0.25, -0.2) is 0 Å². The van der Waals surface area contributed by atoms with Crippen molar-refractivity contribution in [3.63, 3.8) is 0 Å². The van der Waals surface area contributed by atoms with Crippen molar-refractivity contribution in [3.8, 4) is 0 Å². The van der Waals surface area contributed by atoms with E-state index in [1.165, 1.54) is 11.1 Å². The molecule has 1 aromatic carbocycles. The van der Waals surface area contributed by atoms with Gasteiger partial charge in [0.1, 0.15) is 0 Å². The molecular weight excluding hydrogens is 304 g/mol. The Hall–Kier alpha value is -1.10. The van der Waals surface area contributed by atoms with Gasteiger partial charge in [0, 0.05) is 36.2 Å².